The fourth-order valence-corrected chi connectivity index (χ4v) is 6.40. The van der Waals surface area contributed by atoms with E-state index in [-0.39, 0.29) is 30.2 Å². The number of hydrogen-bond acceptors (Lipinski definition) is 7. The molecule has 0 saturated carbocycles. The van der Waals surface area contributed by atoms with Gasteiger partial charge in [-0.15, -0.1) is 11.8 Å². The Bertz CT molecular complexity index is 1420. The van der Waals surface area contributed by atoms with Crippen molar-refractivity contribution in [1.29, 1.82) is 0 Å². The molecule has 5 rings (SSSR count). The number of amides is 1. The normalized spacial score (nSPS) is 24.0. The van der Waals surface area contributed by atoms with Gasteiger partial charge in [0.25, 0.3) is 11.5 Å². The molecule has 1 saturated heterocycles. The first-order chi connectivity index (χ1) is 16.6. The molecule has 2 aliphatic rings. The second kappa shape index (κ2) is 8.65. The maximum absolute atomic E-state index is 13.8. The van der Waals surface area contributed by atoms with Crippen LogP contribution in [0.1, 0.15) is 37.8 Å². The van der Waals surface area contributed by atoms with E-state index < -0.39 is 22.8 Å². The van der Waals surface area contributed by atoms with E-state index in [0.717, 1.165) is 21.2 Å². The average Bonchev–Trinajstić information content (AvgIpc) is 3.50. The van der Waals surface area contributed by atoms with Gasteiger partial charge in [-0.2, -0.15) is 0 Å². The number of carbonyl (C=O) groups excluding carboxylic acids is 1. The van der Waals surface area contributed by atoms with Crippen molar-refractivity contribution in [2.75, 3.05) is 13.2 Å². The highest BCUT2D eigenvalue weighted by Crippen LogP contribution is 2.46. The first-order valence-corrected chi connectivity index (χ1v) is 12.5. The van der Waals surface area contributed by atoms with Crippen LogP contribution in [0.25, 0.3) is 11.0 Å². The number of aromatic nitrogens is 4. The molecule has 2 N–H and O–H groups in total. The Morgan fingerprint density at radius 1 is 1.40 bits per heavy atom. The van der Waals surface area contributed by atoms with Crippen LogP contribution in [0, 0.1) is 5.92 Å². The summed E-state index contributed by atoms with van der Waals surface area (Å²) in [6.45, 7) is 6.05. The molecule has 10 nitrogen and oxygen atoms in total. The number of nitrogens with one attached hydrogen (secondary N) is 1. The molecule has 3 aromatic rings. The number of nitrogens with zero attached hydrogens (tertiary/aromatic N) is 4. The van der Waals surface area contributed by atoms with Gasteiger partial charge in [-0.1, -0.05) is 13.8 Å². The van der Waals surface area contributed by atoms with E-state index in [0.29, 0.717) is 23.6 Å². The molecule has 0 aromatic carbocycles. The second-order valence-electron chi connectivity index (χ2n) is 10.1. The lowest BCUT2D eigenvalue weighted by Crippen LogP contribution is -2.44. The van der Waals surface area contributed by atoms with Crippen LogP contribution < -0.4 is 11.2 Å². The van der Waals surface area contributed by atoms with Crippen LogP contribution in [-0.4, -0.2) is 59.2 Å². The van der Waals surface area contributed by atoms with Crippen LogP contribution in [0.15, 0.2) is 39.1 Å². The predicted octanol–water partition coefficient (Wildman–Crippen LogP) is 1.40. The highest BCUT2D eigenvalue weighted by molar-refractivity contribution is 8.00. The van der Waals surface area contributed by atoms with Gasteiger partial charge in [-0.25, -0.2) is 14.8 Å². The summed E-state index contributed by atoms with van der Waals surface area (Å²) in [4.78, 5) is 53.3. The number of pyridine rings is 1. The van der Waals surface area contributed by atoms with E-state index in [1.165, 1.54) is 23.9 Å². The molecule has 5 heterocycles. The third kappa shape index (κ3) is 4.11. The number of β-amino-alcohol motifs (C(OH)–C–C–N with tert-alkyl or cyclic N) is 1. The average molecular weight is 500 g/mol. The highest BCUT2D eigenvalue weighted by atomic mass is 32.2. The Morgan fingerprint density at radius 3 is 2.86 bits per heavy atom. The molecule has 1 fully saturated rings. The summed E-state index contributed by atoms with van der Waals surface area (Å²) in [7, 11) is 1.45. The number of hydrogen-bond donors (Lipinski definition) is 2. The SMILES string of the molecule is CC(C)Cn1c2c(c(=O)n(C)c1=O)C(C(=O)N1C[C@](C)(O)CO1)C(Cc1c[nH]c3ncccc13)S2. The summed E-state index contributed by atoms with van der Waals surface area (Å²) in [6, 6.07) is 3.82. The number of thioether (sulfide) groups is 1. The van der Waals surface area contributed by atoms with Gasteiger partial charge >= 0.3 is 5.69 Å². The number of carbonyl (C=O) groups is 1. The van der Waals surface area contributed by atoms with Crippen molar-refractivity contribution >= 4 is 28.7 Å². The quantitative estimate of drug-likeness (QED) is 0.509. The van der Waals surface area contributed by atoms with Crippen LogP contribution in [0.4, 0.5) is 0 Å². The molecule has 0 radical (unpaired) electrons. The largest absolute Gasteiger partial charge is 0.386 e. The fourth-order valence-electron chi connectivity index (χ4n) is 4.84. The molecule has 0 bridgehead atoms. The van der Waals surface area contributed by atoms with Crippen LogP contribution in [0.3, 0.4) is 0 Å². The maximum atomic E-state index is 13.8. The first-order valence-electron chi connectivity index (χ1n) is 11.7. The minimum atomic E-state index is -1.16. The predicted molar refractivity (Wildman–Crippen MR) is 131 cm³/mol. The zero-order valence-electron chi connectivity index (χ0n) is 20.1. The Morgan fingerprint density at radius 2 is 2.17 bits per heavy atom. The van der Waals surface area contributed by atoms with E-state index in [9.17, 15) is 19.5 Å². The summed E-state index contributed by atoms with van der Waals surface area (Å²) >= 11 is 1.39. The summed E-state index contributed by atoms with van der Waals surface area (Å²) in [5.74, 6) is -1.05. The van der Waals surface area contributed by atoms with Crippen LogP contribution in [0.5, 0.6) is 0 Å². The van der Waals surface area contributed by atoms with E-state index in [2.05, 4.69) is 9.97 Å². The smallest absolute Gasteiger partial charge is 0.331 e. The summed E-state index contributed by atoms with van der Waals surface area (Å²) in [5.41, 5.74) is 0.0191. The Balaban J connectivity index is 1.63. The molecular weight excluding hydrogens is 470 g/mol. The van der Waals surface area contributed by atoms with Crippen LogP contribution >= 0.6 is 11.8 Å². The molecule has 0 spiro atoms. The Kier molecular flexibility index (Phi) is 5.89. The van der Waals surface area contributed by atoms with E-state index in [1.807, 2.05) is 32.2 Å². The number of hydroxylamine groups is 2. The summed E-state index contributed by atoms with van der Waals surface area (Å²) in [6.07, 6.45) is 4.06. The van der Waals surface area contributed by atoms with Crippen molar-refractivity contribution in [3.8, 4) is 0 Å². The fraction of sp³-hybridized carbons (Fsp3) is 0.500. The van der Waals surface area contributed by atoms with Gasteiger partial charge in [0.05, 0.1) is 23.1 Å². The van der Waals surface area contributed by atoms with E-state index in [4.69, 9.17) is 4.84 Å². The van der Waals surface area contributed by atoms with Crippen molar-refractivity contribution in [3.05, 3.63) is 56.5 Å². The number of H-pyrrole nitrogens is 1. The molecule has 3 aromatic heterocycles. The van der Waals surface area contributed by atoms with Gasteiger partial charge in [0.15, 0.2) is 0 Å². The minimum absolute atomic E-state index is 0.00486. The maximum Gasteiger partial charge on any atom is 0.331 e. The van der Waals surface area contributed by atoms with Gasteiger partial charge in [0.2, 0.25) is 0 Å². The van der Waals surface area contributed by atoms with Crippen molar-refractivity contribution < 1.29 is 14.7 Å². The van der Waals surface area contributed by atoms with Gasteiger partial charge in [0.1, 0.15) is 17.9 Å². The number of fused-ring (bicyclic) bond motifs is 2. The lowest BCUT2D eigenvalue weighted by molar-refractivity contribution is -0.170. The monoisotopic (exact) mass is 499 g/mol. The minimum Gasteiger partial charge on any atom is -0.386 e. The topological polar surface area (TPSA) is 122 Å². The molecule has 0 aliphatic carbocycles. The first kappa shape index (κ1) is 23.8. The van der Waals surface area contributed by atoms with Crippen LogP contribution in [-0.2, 0) is 29.6 Å². The zero-order chi connectivity index (χ0) is 25.1. The number of rotatable bonds is 5. The third-order valence-electron chi connectivity index (χ3n) is 6.51. The van der Waals surface area contributed by atoms with Gasteiger partial charge in [-0.3, -0.25) is 23.6 Å². The molecule has 3 atom stereocenters. The number of aromatic amines is 1. The standard InChI is InChI=1S/C24H29N5O5S/c1-13(2)10-28-22-18(20(30)27(4)23(28)32)17(21(31)29-11-24(3,33)12-34-29)16(35-22)8-14-9-26-19-15(14)6-5-7-25-19/h5-7,9,13,16-17,33H,8,10-12H2,1-4H3,(H,25,26)/t16?,17?,24-/m0/s1. The van der Waals surface area contributed by atoms with Gasteiger partial charge < -0.3 is 10.1 Å². The molecule has 35 heavy (non-hydrogen) atoms. The lowest BCUT2D eigenvalue weighted by atomic mass is 9.92. The van der Waals surface area contributed by atoms with Crippen molar-refractivity contribution in [2.24, 2.45) is 13.0 Å². The summed E-state index contributed by atoms with van der Waals surface area (Å²) in [5, 5.41) is 12.7. The zero-order valence-corrected chi connectivity index (χ0v) is 21.0. The van der Waals surface area contributed by atoms with Crippen molar-refractivity contribution in [2.45, 2.75) is 55.5 Å². The molecule has 2 aliphatic heterocycles. The van der Waals surface area contributed by atoms with Crippen molar-refractivity contribution in [3.63, 3.8) is 0 Å². The van der Waals surface area contributed by atoms with Gasteiger partial charge in [0, 0.05) is 36.6 Å². The number of aliphatic hydroxyl groups is 1. The van der Waals surface area contributed by atoms with Crippen molar-refractivity contribution in [1.82, 2.24) is 24.2 Å². The van der Waals surface area contributed by atoms with E-state index >= 15 is 0 Å². The second-order valence-corrected chi connectivity index (χ2v) is 11.3. The molecule has 11 heteroatoms. The molecule has 186 valence electrons. The summed E-state index contributed by atoms with van der Waals surface area (Å²) < 4.78 is 2.70. The van der Waals surface area contributed by atoms with Crippen LogP contribution in [0.2, 0.25) is 0 Å². The Labute approximate surface area is 205 Å². The highest BCUT2D eigenvalue weighted by Gasteiger charge is 2.48. The lowest BCUT2D eigenvalue weighted by Gasteiger charge is -2.23. The molecule has 1 amide bonds. The van der Waals surface area contributed by atoms with Gasteiger partial charge in [-0.05, 0) is 37.0 Å². The Hall–Kier alpha value is -2.89. The van der Waals surface area contributed by atoms with E-state index in [1.54, 1.807) is 17.7 Å². The molecule has 2 unspecified atom stereocenters. The molecular formula is C24H29N5O5S. The third-order valence-corrected chi connectivity index (χ3v) is 7.91.